The van der Waals surface area contributed by atoms with Crippen LogP contribution in [-0.2, 0) is 0 Å². The van der Waals surface area contributed by atoms with Crippen LogP contribution in [0.5, 0.6) is 0 Å². The predicted octanol–water partition coefficient (Wildman–Crippen LogP) is 13.4. The highest BCUT2D eigenvalue weighted by molar-refractivity contribution is 6.15. The van der Waals surface area contributed by atoms with E-state index in [-0.39, 0.29) is 0 Å². The third-order valence-electron chi connectivity index (χ3n) is 11.1. The Bertz CT molecular complexity index is 3530. The fourth-order valence-corrected chi connectivity index (χ4v) is 8.45. The van der Waals surface area contributed by atoms with Crippen molar-refractivity contribution in [1.82, 2.24) is 19.5 Å². The minimum absolute atomic E-state index is 0.516. The average molecular weight is 731 g/mol. The number of hydrogen-bond acceptors (Lipinski definition) is 5. The summed E-state index contributed by atoms with van der Waals surface area (Å²) in [6, 6.07) is 62.7. The Labute approximate surface area is 325 Å². The lowest BCUT2D eigenvalue weighted by molar-refractivity contribution is 0.667. The number of aromatic nitrogens is 4. The van der Waals surface area contributed by atoms with E-state index in [0.717, 1.165) is 77.3 Å². The minimum atomic E-state index is 0.516. The SMILES string of the molecule is c1ccc(-c2ccc3c4ccccc4n(-c4cccc5c4oc4c(-c6nc(-c7ccccc7)nc(-c7cccc8c7oc7ccccc78)n6)cccc45)c3c2)cc1. The molecule has 6 nitrogen and oxygen atoms in total. The molecule has 57 heavy (non-hydrogen) atoms. The molecule has 8 aromatic carbocycles. The van der Waals surface area contributed by atoms with E-state index in [1.807, 2.05) is 66.7 Å². The summed E-state index contributed by atoms with van der Waals surface area (Å²) in [5.41, 5.74) is 11.0. The van der Waals surface area contributed by atoms with Crippen molar-refractivity contribution < 1.29 is 8.83 Å². The normalized spacial score (nSPS) is 11.9. The van der Waals surface area contributed by atoms with Crippen molar-refractivity contribution in [2.45, 2.75) is 0 Å². The molecule has 0 amide bonds. The van der Waals surface area contributed by atoms with Crippen molar-refractivity contribution in [3.63, 3.8) is 0 Å². The molecule has 0 saturated carbocycles. The van der Waals surface area contributed by atoms with Crippen LogP contribution in [-0.4, -0.2) is 19.5 Å². The van der Waals surface area contributed by atoms with Crippen LogP contribution >= 0.6 is 0 Å². The van der Waals surface area contributed by atoms with Gasteiger partial charge in [-0.15, -0.1) is 0 Å². The van der Waals surface area contributed by atoms with Crippen molar-refractivity contribution in [2.24, 2.45) is 0 Å². The maximum atomic E-state index is 7.07. The van der Waals surface area contributed by atoms with Gasteiger partial charge in [0.1, 0.15) is 16.7 Å². The zero-order chi connectivity index (χ0) is 37.5. The average Bonchev–Trinajstić information content (AvgIpc) is 3.96. The van der Waals surface area contributed by atoms with Gasteiger partial charge in [0.2, 0.25) is 0 Å². The zero-order valence-electron chi connectivity index (χ0n) is 30.4. The van der Waals surface area contributed by atoms with Gasteiger partial charge in [0.15, 0.2) is 23.1 Å². The third-order valence-corrected chi connectivity index (χ3v) is 11.1. The van der Waals surface area contributed by atoms with E-state index in [0.29, 0.717) is 23.1 Å². The molecule has 4 aromatic heterocycles. The summed E-state index contributed by atoms with van der Waals surface area (Å²) in [4.78, 5) is 15.4. The summed E-state index contributed by atoms with van der Waals surface area (Å²) in [5, 5.41) is 6.43. The molecule has 0 fully saturated rings. The van der Waals surface area contributed by atoms with Crippen LogP contribution in [0.3, 0.4) is 0 Å². The number of rotatable bonds is 5. The van der Waals surface area contributed by atoms with Crippen LogP contribution in [0.1, 0.15) is 0 Å². The number of benzene rings is 8. The summed E-state index contributed by atoms with van der Waals surface area (Å²) in [7, 11) is 0. The monoisotopic (exact) mass is 730 g/mol. The maximum Gasteiger partial charge on any atom is 0.167 e. The number of para-hydroxylation sites is 5. The molecule has 12 aromatic rings. The first kappa shape index (κ1) is 31.5. The second kappa shape index (κ2) is 12.3. The number of hydrogen-bond donors (Lipinski definition) is 0. The topological polar surface area (TPSA) is 69.9 Å². The minimum Gasteiger partial charge on any atom is -0.455 e. The third kappa shape index (κ3) is 4.87. The van der Waals surface area contributed by atoms with Crippen LogP contribution in [0.25, 0.3) is 117 Å². The smallest absolute Gasteiger partial charge is 0.167 e. The van der Waals surface area contributed by atoms with Gasteiger partial charge in [-0.2, -0.15) is 0 Å². The Balaban J connectivity index is 1.10. The standard InChI is InChI=1S/C51H30N4O2/c1-3-14-31(15-4-1)33-28-29-35-34-18-7-9-25-42(34)55(44(35)30-33)43-26-13-22-39-38-21-12-24-41(47(38)57-48(39)43)51-53-49(32-16-5-2-6-17-32)52-50(54-51)40-23-11-20-37-36-19-8-10-27-45(36)56-46(37)40/h1-30H. The van der Waals surface area contributed by atoms with E-state index in [1.165, 1.54) is 16.3 Å². The highest BCUT2D eigenvalue weighted by Crippen LogP contribution is 2.42. The molecule has 0 atom stereocenters. The number of nitrogens with zero attached hydrogens (tertiary/aromatic N) is 4. The van der Waals surface area contributed by atoms with E-state index in [4.69, 9.17) is 23.8 Å². The molecule has 6 heteroatoms. The fourth-order valence-electron chi connectivity index (χ4n) is 8.45. The largest absolute Gasteiger partial charge is 0.455 e. The van der Waals surface area contributed by atoms with E-state index in [1.54, 1.807) is 0 Å². The molecule has 266 valence electrons. The number of fused-ring (bicyclic) bond motifs is 9. The first-order chi connectivity index (χ1) is 28.3. The Morgan fingerprint density at radius 1 is 0.333 bits per heavy atom. The van der Waals surface area contributed by atoms with Crippen LogP contribution in [0.4, 0.5) is 0 Å². The van der Waals surface area contributed by atoms with E-state index in [2.05, 4.69) is 120 Å². The first-order valence-corrected chi connectivity index (χ1v) is 19.0. The van der Waals surface area contributed by atoms with Crippen molar-refractivity contribution in [2.75, 3.05) is 0 Å². The summed E-state index contributed by atoms with van der Waals surface area (Å²) in [6.45, 7) is 0. The lowest BCUT2D eigenvalue weighted by Gasteiger charge is -2.10. The van der Waals surface area contributed by atoms with E-state index in [9.17, 15) is 0 Å². The first-order valence-electron chi connectivity index (χ1n) is 19.0. The number of furan rings is 2. The van der Waals surface area contributed by atoms with Gasteiger partial charge >= 0.3 is 0 Å². The molecular weight excluding hydrogens is 701 g/mol. The molecule has 12 rings (SSSR count). The molecule has 0 aliphatic heterocycles. The molecule has 0 aliphatic carbocycles. The van der Waals surface area contributed by atoms with Crippen LogP contribution in [0.2, 0.25) is 0 Å². The summed E-state index contributed by atoms with van der Waals surface area (Å²) in [6.07, 6.45) is 0. The quantitative estimate of drug-likeness (QED) is 0.176. The predicted molar refractivity (Wildman–Crippen MR) is 230 cm³/mol. The van der Waals surface area contributed by atoms with Crippen molar-refractivity contribution in [1.29, 1.82) is 0 Å². The second-order valence-electron chi connectivity index (χ2n) is 14.3. The molecule has 0 spiro atoms. The van der Waals surface area contributed by atoms with Crippen molar-refractivity contribution in [3.8, 4) is 51.0 Å². The van der Waals surface area contributed by atoms with Gasteiger partial charge in [-0.3, -0.25) is 0 Å². The summed E-state index contributed by atoms with van der Waals surface area (Å²) >= 11 is 0. The molecular formula is C51H30N4O2. The highest BCUT2D eigenvalue weighted by Gasteiger charge is 2.22. The van der Waals surface area contributed by atoms with Crippen molar-refractivity contribution >= 4 is 65.7 Å². The van der Waals surface area contributed by atoms with Crippen LogP contribution < -0.4 is 0 Å². The Morgan fingerprint density at radius 3 is 1.63 bits per heavy atom. The van der Waals surface area contributed by atoms with E-state index < -0.39 is 0 Å². The second-order valence-corrected chi connectivity index (χ2v) is 14.3. The van der Waals surface area contributed by atoms with Gasteiger partial charge in [0, 0.05) is 37.9 Å². The molecule has 0 unspecified atom stereocenters. The van der Waals surface area contributed by atoms with Gasteiger partial charge in [-0.1, -0.05) is 146 Å². The van der Waals surface area contributed by atoms with Gasteiger partial charge in [-0.25, -0.2) is 15.0 Å². The van der Waals surface area contributed by atoms with Gasteiger partial charge < -0.3 is 13.4 Å². The molecule has 0 aliphatic rings. The molecule has 0 N–H and O–H groups in total. The van der Waals surface area contributed by atoms with Gasteiger partial charge in [0.25, 0.3) is 0 Å². The lowest BCUT2D eigenvalue weighted by atomic mass is 10.0. The van der Waals surface area contributed by atoms with E-state index >= 15 is 0 Å². The Hall–Kier alpha value is -7.83. The zero-order valence-corrected chi connectivity index (χ0v) is 30.4. The summed E-state index contributed by atoms with van der Waals surface area (Å²) < 4.78 is 15.9. The Morgan fingerprint density at radius 2 is 0.877 bits per heavy atom. The molecule has 4 heterocycles. The van der Waals surface area contributed by atoms with Gasteiger partial charge in [0.05, 0.1) is 27.8 Å². The highest BCUT2D eigenvalue weighted by atomic mass is 16.3. The Kier molecular flexibility index (Phi) is 6.83. The summed E-state index contributed by atoms with van der Waals surface area (Å²) in [5.74, 6) is 1.61. The van der Waals surface area contributed by atoms with Crippen molar-refractivity contribution in [3.05, 3.63) is 182 Å². The molecule has 0 saturated heterocycles. The lowest BCUT2D eigenvalue weighted by Crippen LogP contribution is -2.00. The van der Waals surface area contributed by atoms with Crippen LogP contribution in [0, 0.1) is 0 Å². The maximum absolute atomic E-state index is 7.07. The fraction of sp³-hybridized carbons (Fsp3) is 0. The van der Waals surface area contributed by atoms with Gasteiger partial charge in [-0.05, 0) is 47.5 Å². The molecule has 0 bridgehead atoms. The van der Waals surface area contributed by atoms with Crippen LogP contribution in [0.15, 0.2) is 191 Å². The molecule has 0 radical (unpaired) electrons.